The van der Waals surface area contributed by atoms with Gasteiger partial charge in [0, 0.05) is 16.8 Å². The van der Waals surface area contributed by atoms with Crippen LogP contribution in [-0.4, -0.2) is 27.8 Å². The largest absolute Gasteiger partial charge is 0.494 e. The van der Waals surface area contributed by atoms with Gasteiger partial charge in [0.15, 0.2) is 0 Å². The Morgan fingerprint density at radius 3 is 2.33 bits per heavy atom. The average molecular weight is 363 g/mol. The summed E-state index contributed by atoms with van der Waals surface area (Å²) in [6.07, 6.45) is 0.584. The summed E-state index contributed by atoms with van der Waals surface area (Å²) in [7, 11) is 0. The number of hydrogen-bond acceptors (Lipinski definition) is 3. The van der Waals surface area contributed by atoms with Crippen LogP contribution in [0.15, 0.2) is 41.4 Å². The molecule has 27 heavy (non-hydrogen) atoms. The number of aliphatic imine (C=N–C) groups is 1. The van der Waals surface area contributed by atoms with E-state index >= 15 is 0 Å². The zero-order valence-corrected chi connectivity index (χ0v) is 16.2. The number of nitrogens with zero attached hydrogens (tertiary/aromatic N) is 2. The molecular weight excluding hydrogens is 338 g/mol. The van der Waals surface area contributed by atoms with Crippen LogP contribution in [0, 0.1) is 20.8 Å². The fraction of sp³-hybridized carbons (Fsp3) is 0.273. The van der Waals surface area contributed by atoms with E-state index in [0.29, 0.717) is 17.7 Å². The van der Waals surface area contributed by atoms with Crippen molar-refractivity contribution in [3.05, 3.63) is 58.7 Å². The molecular formula is C22H25N3O2. The quantitative estimate of drug-likeness (QED) is 0.673. The first-order valence-electron chi connectivity index (χ1n) is 9.06. The summed E-state index contributed by atoms with van der Waals surface area (Å²) in [5, 5.41) is 12.1. The highest BCUT2D eigenvalue weighted by atomic mass is 16.3. The second kappa shape index (κ2) is 7.27. The molecule has 0 radical (unpaired) electrons. The summed E-state index contributed by atoms with van der Waals surface area (Å²) in [5.41, 5.74) is 11.7. The lowest BCUT2D eigenvalue weighted by Gasteiger charge is -2.10. The average Bonchev–Trinajstić information content (AvgIpc) is 2.86. The van der Waals surface area contributed by atoms with Gasteiger partial charge in [0.25, 0.3) is 0 Å². The van der Waals surface area contributed by atoms with Crippen molar-refractivity contribution in [1.82, 2.24) is 4.57 Å². The highest BCUT2D eigenvalue weighted by molar-refractivity contribution is 6.14. The highest BCUT2D eigenvalue weighted by Crippen LogP contribution is 2.36. The number of fused-ring (bicyclic) bond motifs is 1. The fourth-order valence-electron chi connectivity index (χ4n) is 3.55. The third-order valence-corrected chi connectivity index (χ3v) is 4.61. The normalized spacial score (nSPS) is 11.9. The summed E-state index contributed by atoms with van der Waals surface area (Å²) >= 11 is 0. The van der Waals surface area contributed by atoms with Gasteiger partial charge < -0.3 is 10.8 Å². The minimum absolute atomic E-state index is 0.0926. The molecule has 0 saturated heterocycles. The standard InChI is InChI=1S/C22H25N3O2/c1-5-18(24-12-20(23)26)21-17-7-6-13(2)11-19(17)25(22(21)27)16-9-14(3)8-15(4)10-16/h6-11,27H,5,12H2,1-4H3,(H2,23,26). The summed E-state index contributed by atoms with van der Waals surface area (Å²) in [4.78, 5) is 15.5. The Morgan fingerprint density at radius 2 is 1.74 bits per heavy atom. The Bertz CT molecular complexity index is 1040. The minimum Gasteiger partial charge on any atom is -0.494 e. The van der Waals surface area contributed by atoms with E-state index in [-0.39, 0.29) is 12.4 Å². The van der Waals surface area contributed by atoms with Crippen molar-refractivity contribution >= 4 is 22.5 Å². The van der Waals surface area contributed by atoms with E-state index in [1.807, 2.05) is 56.5 Å². The first-order chi connectivity index (χ1) is 12.8. The Morgan fingerprint density at radius 1 is 1.07 bits per heavy atom. The summed E-state index contributed by atoms with van der Waals surface area (Å²) in [5.74, 6) is -0.361. The lowest BCUT2D eigenvalue weighted by atomic mass is 10.0. The van der Waals surface area contributed by atoms with Crippen molar-refractivity contribution < 1.29 is 9.90 Å². The number of carbonyl (C=O) groups is 1. The van der Waals surface area contributed by atoms with Crippen molar-refractivity contribution in [1.29, 1.82) is 0 Å². The van der Waals surface area contributed by atoms with Gasteiger partial charge in [0.2, 0.25) is 11.8 Å². The van der Waals surface area contributed by atoms with Crippen molar-refractivity contribution in [3.8, 4) is 11.6 Å². The van der Waals surface area contributed by atoms with E-state index in [1.54, 1.807) is 0 Å². The van der Waals surface area contributed by atoms with Gasteiger partial charge in [-0.25, -0.2) is 0 Å². The number of nitrogens with two attached hydrogens (primary N) is 1. The molecule has 2 aromatic carbocycles. The molecule has 1 aromatic heterocycles. The van der Waals surface area contributed by atoms with Gasteiger partial charge in [-0.3, -0.25) is 14.4 Å². The van der Waals surface area contributed by atoms with Crippen LogP contribution >= 0.6 is 0 Å². The van der Waals surface area contributed by atoms with Gasteiger partial charge in [-0.15, -0.1) is 0 Å². The molecule has 0 aliphatic heterocycles. The summed E-state index contributed by atoms with van der Waals surface area (Å²) in [6, 6.07) is 12.3. The number of aryl methyl sites for hydroxylation is 3. The third kappa shape index (κ3) is 3.58. The zero-order chi connectivity index (χ0) is 19.7. The van der Waals surface area contributed by atoms with Crippen LogP contribution in [0.1, 0.15) is 35.6 Å². The number of aromatic nitrogens is 1. The van der Waals surface area contributed by atoms with E-state index in [4.69, 9.17) is 5.73 Å². The molecule has 0 aliphatic rings. The van der Waals surface area contributed by atoms with Gasteiger partial charge in [0.1, 0.15) is 6.54 Å². The topological polar surface area (TPSA) is 80.6 Å². The molecule has 0 unspecified atom stereocenters. The predicted molar refractivity (Wildman–Crippen MR) is 110 cm³/mol. The van der Waals surface area contributed by atoms with Crippen LogP contribution in [0.3, 0.4) is 0 Å². The molecule has 0 aliphatic carbocycles. The molecule has 0 fully saturated rings. The zero-order valence-electron chi connectivity index (χ0n) is 16.2. The van der Waals surface area contributed by atoms with Gasteiger partial charge in [0.05, 0.1) is 11.1 Å². The van der Waals surface area contributed by atoms with Crippen LogP contribution in [0.2, 0.25) is 0 Å². The number of rotatable bonds is 5. The highest BCUT2D eigenvalue weighted by Gasteiger charge is 2.21. The number of amides is 1. The molecule has 1 heterocycles. The lowest BCUT2D eigenvalue weighted by molar-refractivity contribution is -0.116. The second-order valence-corrected chi connectivity index (χ2v) is 6.98. The maximum Gasteiger partial charge on any atom is 0.239 e. The molecule has 5 nitrogen and oxygen atoms in total. The molecule has 3 aromatic rings. The lowest BCUT2D eigenvalue weighted by Crippen LogP contribution is -2.15. The van der Waals surface area contributed by atoms with E-state index in [1.165, 1.54) is 0 Å². The third-order valence-electron chi connectivity index (χ3n) is 4.61. The van der Waals surface area contributed by atoms with Crippen LogP contribution < -0.4 is 5.73 Å². The Labute approximate surface area is 159 Å². The second-order valence-electron chi connectivity index (χ2n) is 6.98. The molecule has 0 atom stereocenters. The van der Waals surface area contributed by atoms with Gasteiger partial charge >= 0.3 is 0 Å². The molecule has 5 heteroatoms. The molecule has 140 valence electrons. The van der Waals surface area contributed by atoms with Crippen LogP contribution in [0.25, 0.3) is 16.6 Å². The molecule has 3 N–H and O–H groups in total. The van der Waals surface area contributed by atoms with Crippen LogP contribution in [0.5, 0.6) is 5.88 Å². The van der Waals surface area contributed by atoms with Gasteiger partial charge in [-0.1, -0.05) is 25.1 Å². The maximum absolute atomic E-state index is 11.2. The van der Waals surface area contributed by atoms with Crippen LogP contribution in [0.4, 0.5) is 0 Å². The SMILES string of the molecule is CCC(=NCC(N)=O)c1c(O)n(-c2cc(C)cc(C)c2)c2cc(C)ccc12. The van der Waals surface area contributed by atoms with Crippen molar-refractivity contribution in [2.75, 3.05) is 6.54 Å². The molecule has 0 bridgehead atoms. The number of aromatic hydroxyl groups is 1. The van der Waals surface area contributed by atoms with Crippen molar-refractivity contribution in [2.45, 2.75) is 34.1 Å². The number of hydrogen-bond donors (Lipinski definition) is 2. The van der Waals surface area contributed by atoms with Gasteiger partial charge in [-0.05, 0) is 62.1 Å². The van der Waals surface area contributed by atoms with Crippen molar-refractivity contribution in [2.24, 2.45) is 10.7 Å². The monoisotopic (exact) mass is 363 g/mol. The maximum atomic E-state index is 11.2. The van der Waals surface area contributed by atoms with Crippen molar-refractivity contribution in [3.63, 3.8) is 0 Å². The Balaban J connectivity index is 2.35. The Kier molecular flexibility index (Phi) is 5.04. The van der Waals surface area contributed by atoms with Gasteiger partial charge in [-0.2, -0.15) is 0 Å². The molecule has 1 amide bonds. The molecule has 0 saturated carbocycles. The molecule has 0 spiro atoms. The minimum atomic E-state index is -0.491. The van der Waals surface area contributed by atoms with E-state index < -0.39 is 5.91 Å². The summed E-state index contributed by atoms with van der Waals surface area (Å²) in [6.45, 7) is 7.96. The van der Waals surface area contributed by atoms with E-state index in [0.717, 1.165) is 33.3 Å². The first-order valence-corrected chi connectivity index (χ1v) is 9.06. The fourth-order valence-corrected chi connectivity index (χ4v) is 3.55. The van der Waals surface area contributed by atoms with E-state index in [2.05, 4.69) is 17.1 Å². The Hall–Kier alpha value is -3.08. The number of primary amides is 1. The van der Waals surface area contributed by atoms with Crippen LogP contribution in [-0.2, 0) is 4.79 Å². The smallest absolute Gasteiger partial charge is 0.239 e. The number of benzene rings is 2. The van der Waals surface area contributed by atoms with E-state index in [9.17, 15) is 9.90 Å². The molecule has 3 rings (SSSR count). The number of carbonyl (C=O) groups excluding carboxylic acids is 1. The summed E-state index contributed by atoms with van der Waals surface area (Å²) < 4.78 is 1.85. The first kappa shape index (κ1) is 18.7. The predicted octanol–water partition coefficient (Wildman–Crippen LogP) is 3.95.